The predicted octanol–water partition coefficient (Wildman–Crippen LogP) is 3.93. The van der Waals surface area contributed by atoms with E-state index in [1.165, 1.54) is 18.2 Å². The Morgan fingerprint density at radius 1 is 1.25 bits per heavy atom. The van der Waals surface area contributed by atoms with Gasteiger partial charge in [-0.25, -0.2) is 9.97 Å². The van der Waals surface area contributed by atoms with Crippen molar-refractivity contribution in [2.75, 3.05) is 13.6 Å². The number of ether oxygens (including phenoxy) is 1. The Kier molecular flexibility index (Phi) is 4.79. The summed E-state index contributed by atoms with van der Waals surface area (Å²) in [5.74, 6) is 0.421. The third-order valence-electron chi connectivity index (χ3n) is 6.06. The summed E-state index contributed by atoms with van der Waals surface area (Å²) in [6.07, 6.45) is 0.0384. The van der Waals surface area contributed by atoms with E-state index in [2.05, 4.69) is 38.9 Å². The lowest BCUT2D eigenvalue weighted by Crippen LogP contribution is -2.49. The number of hydrogen-bond donors (Lipinski definition) is 1. The Labute approximate surface area is 161 Å². The predicted molar refractivity (Wildman–Crippen MR) is 98.7 cm³/mol. The molecule has 3 atom stereocenters. The van der Waals surface area contributed by atoms with Crippen LogP contribution in [0.3, 0.4) is 0 Å². The van der Waals surface area contributed by atoms with Gasteiger partial charge in [-0.2, -0.15) is 0 Å². The van der Waals surface area contributed by atoms with Crippen LogP contribution < -0.4 is 10.1 Å². The molecule has 2 aliphatic rings. The number of hydrogen-bond acceptors (Lipinski definition) is 5. The summed E-state index contributed by atoms with van der Waals surface area (Å²) in [7, 11) is 2.14. The van der Waals surface area contributed by atoms with Gasteiger partial charge < -0.3 is 15.0 Å². The Morgan fingerprint density at radius 3 is 2.79 bits per heavy atom. The highest BCUT2D eigenvalue weighted by molar-refractivity contribution is 5.60. The van der Waals surface area contributed by atoms with Crippen LogP contribution in [0.5, 0.6) is 5.75 Å². The van der Waals surface area contributed by atoms with Crippen LogP contribution in [0.1, 0.15) is 38.1 Å². The Bertz CT molecular complexity index is 859. The van der Waals surface area contributed by atoms with Gasteiger partial charge in [-0.3, -0.25) is 0 Å². The normalized spacial score (nSPS) is 28.2. The van der Waals surface area contributed by atoms with Gasteiger partial charge in [0, 0.05) is 23.3 Å². The summed E-state index contributed by atoms with van der Waals surface area (Å²) in [5.41, 5.74) is 1.23. The van der Waals surface area contributed by atoms with E-state index in [-0.39, 0.29) is 17.3 Å². The highest BCUT2D eigenvalue weighted by Crippen LogP contribution is 2.41. The third-order valence-corrected chi connectivity index (χ3v) is 6.06. The molecule has 0 bridgehead atoms. The van der Waals surface area contributed by atoms with E-state index >= 15 is 0 Å². The van der Waals surface area contributed by atoms with Crippen LogP contribution in [-0.2, 0) is 0 Å². The number of likely N-dealkylation sites (tertiary alicyclic amines) is 1. The van der Waals surface area contributed by atoms with Crippen molar-refractivity contribution in [3.8, 4) is 17.0 Å². The minimum absolute atomic E-state index is 0.0449. The lowest BCUT2D eigenvalue weighted by atomic mass is 9.90. The lowest BCUT2D eigenvalue weighted by molar-refractivity contribution is -0.274. The minimum atomic E-state index is -4.72. The molecule has 1 aromatic carbocycles. The van der Waals surface area contributed by atoms with Gasteiger partial charge in [0.05, 0.1) is 11.7 Å². The molecule has 2 aliphatic heterocycles. The van der Waals surface area contributed by atoms with Gasteiger partial charge in [0.1, 0.15) is 11.6 Å². The molecule has 150 valence electrons. The zero-order valence-corrected chi connectivity index (χ0v) is 15.8. The second-order valence-corrected chi connectivity index (χ2v) is 7.67. The van der Waals surface area contributed by atoms with E-state index in [1.54, 1.807) is 18.3 Å². The maximum Gasteiger partial charge on any atom is 0.573 e. The molecule has 28 heavy (non-hydrogen) atoms. The third kappa shape index (κ3) is 3.71. The topological polar surface area (TPSA) is 50.3 Å². The molecule has 0 radical (unpaired) electrons. The van der Waals surface area contributed by atoms with E-state index in [0.717, 1.165) is 25.8 Å². The van der Waals surface area contributed by atoms with Gasteiger partial charge in [-0.05, 0) is 58.0 Å². The number of benzene rings is 1. The van der Waals surface area contributed by atoms with Crippen molar-refractivity contribution in [1.82, 2.24) is 20.2 Å². The molecule has 0 amide bonds. The van der Waals surface area contributed by atoms with Gasteiger partial charge in [0.25, 0.3) is 0 Å². The Hall–Kier alpha value is -2.19. The van der Waals surface area contributed by atoms with Crippen molar-refractivity contribution in [1.29, 1.82) is 0 Å². The van der Waals surface area contributed by atoms with Crippen LogP contribution in [0, 0.1) is 0 Å². The second-order valence-electron chi connectivity index (χ2n) is 7.67. The van der Waals surface area contributed by atoms with Gasteiger partial charge in [0.15, 0.2) is 0 Å². The molecular formula is C20H23F3N4O. The van der Waals surface area contributed by atoms with Crippen molar-refractivity contribution < 1.29 is 17.9 Å². The molecule has 1 spiro atoms. The molecule has 2 aromatic rings. The number of alkyl halides is 3. The summed E-state index contributed by atoms with van der Waals surface area (Å²) in [4.78, 5) is 11.4. The highest BCUT2D eigenvalue weighted by Gasteiger charge is 2.48. The molecule has 4 rings (SSSR count). The van der Waals surface area contributed by atoms with Gasteiger partial charge >= 0.3 is 6.36 Å². The van der Waals surface area contributed by atoms with E-state index < -0.39 is 6.36 Å². The fourth-order valence-corrected chi connectivity index (χ4v) is 4.37. The summed E-state index contributed by atoms with van der Waals surface area (Å²) >= 11 is 0. The van der Waals surface area contributed by atoms with Crippen LogP contribution in [-0.4, -0.2) is 46.4 Å². The largest absolute Gasteiger partial charge is 0.573 e. The van der Waals surface area contributed by atoms with Crippen LogP contribution in [0.15, 0.2) is 36.5 Å². The van der Waals surface area contributed by atoms with Crippen molar-refractivity contribution in [2.24, 2.45) is 0 Å². The monoisotopic (exact) mass is 392 g/mol. The molecule has 1 N–H and O–H groups in total. The van der Waals surface area contributed by atoms with E-state index in [9.17, 15) is 13.2 Å². The molecule has 2 saturated heterocycles. The molecule has 1 aromatic heterocycles. The summed E-state index contributed by atoms with van der Waals surface area (Å²) in [6, 6.07) is 8.05. The molecular weight excluding hydrogens is 369 g/mol. The fraction of sp³-hybridized carbons (Fsp3) is 0.500. The average Bonchev–Trinajstić information content (AvgIpc) is 3.21. The van der Waals surface area contributed by atoms with Crippen molar-refractivity contribution in [3.63, 3.8) is 0 Å². The number of nitrogens with one attached hydrogen (secondary N) is 1. The summed E-state index contributed by atoms with van der Waals surface area (Å²) in [6.45, 7) is 3.31. The summed E-state index contributed by atoms with van der Waals surface area (Å²) < 4.78 is 41.5. The van der Waals surface area contributed by atoms with E-state index in [1.807, 2.05) is 0 Å². The minimum Gasteiger partial charge on any atom is -0.406 e. The van der Waals surface area contributed by atoms with Gasteiger partial charge in [0.2, 0.25) is 0 Å². The zero-order chi connectivity index (χ0) is 19.9. The zero-order valence-electron chi connectivity index (χ0n) is 15.8. The number of rotatable bonds is 3. The first-order chi connectivity index (χ1) is 13.3. The van der Waals surface area contributed by atoms with Crippen LogP contribution >= 0.6 is 0 Å². The first-order valence-corrected chi connectivity index (χ1v) is 9.43. The number of aromatic nitrogens is 2. The number of halogens is 3. The van der Waals surface area contributed by atoms with E-state index in [0.29, 0.717) is 23.1 Å². The quantitative estimate of drug-likeness (QED) is 0.858. The number of likely N-dealkylation sites (N-methyl/N-ethyl adjacent to an activating group) is 1. The number of nitrogens with zero attached hydrogens (tertiary/aromatic N) is 3. The molecule has 0 aliphatic carbocycles. The Morgan fingerprint density at radius 2 is 2.07 bits per heavy atom. The van der Waals surface area contributed by atoms with Crippen molar-refractivity contribution in [2.45, 2.75) is 50.2 Å². The second kappa shape index (κ2) is 7.00. The lowest BCUT2D eigenvalue weighted by Gasteiger charge is -2.32. The van der Waals surface area contributed by atoms with Crippen LogP contribution in [0.25, 0.3) is 11.3 Å². The molecule has 5 nitrogen and oxygen atoms in total. The highest BCUT2D eigenvalue weighted by atomic mass is 19.4. The van der Waals surface area contributed by atoms with Gasteiger partial charge in [-0.1, -0.05) is 12.1 Å². The van der Waals surface area contributed by atoms with Crippen LogP contribution in [0.4, 0.5) is 13.2 Å². The Balaban J connectivity index is 1.55. The van der Waals surface area contributed by atoms with Crippen molar-refractivity contribution >= 4 is 0 Å². The smallest absolute Gasteiger partial charge is 0.406 e. The van der Waals surface area contributed by atoms with Gasteiger partial charge in [-0.15, -0.1) is 13.2 Å². The maximum absolute atomic E-state index is 12.5. The molecule has 0 saturated carbocycles. The molecule has 1 unspecified atom stereocenters. The van der Waals surface area contributed by atoms with E-state index in [4.69, 9.17) is 0 Å². The molecule has 3 heterocycles. The first-order valence-electron chi connectivity index (χ1n) is 9.43. The fourth-order valence-electron chi connectivity index (χ4n) is 4.37. The molecule has 2 fully saturated rings. The standard InChI is InChI=1S/C20H23F3N4O/c1-13-19(9-11-27(13)2)8-6-17(26-19)18-24-10-7-16(25-18)14-4-3-5-15(12-14)28-20(21,22)23/h3-5,7,10,12-13,17,26H,6,8-9,11H2,1-2H3/t13?,17-,19+/m1/s1. The molecule has 8 heteroatoms. The maximum atomic E-state index is 12.5. The summed E-state index contributed by atoms with van der Waals surface area (Å²) in [5, 5.41) is 3.74. The SMILES string of the molecule is CC1N(C)CC[C@@]12CC[C@H](c1nccc(-c3cccc(OC(F)(F)F)c3)n1)N2. The average molecular weight is 392 g/mol. The van der Waals surface area contributed by atoms with Crippen LogP contribution in [0.2, 0.25) is 0 Å². The van der Waals surface area contributed by atoms with Crippen molar-refractivity contribution in [3.05, 3.63) is 42.4 Å². The first kappa shape index (κ1) is 19.1.